The van der Waals surface area contributed by atoms with E-state index in [9.17, 15) is 8.42 Å². The lowest BCUT2D eigenvalue weighted by Crippen LogP contribution is -2.31. The fraction of sp³-hybridized carbons (Fsp3) is 0.250. The Bertz CT molecular complexity index is 872. The molecule has 0 radical (unpaired) electrons. The summed E-state index contributed by atoms with van der Waals surface area (Å²) in [5.74, 6) is 0. The minimum atomic E-state index is -3.48. The Morgan fingerprint density at radius 1 is 1.00 bits per heavy atom. The van der Waals surface area contributed by atoms with Crippen LogP contribution in [0, 0.1) is 24.3 Å². The summed E-state index contributed by atoms with van der Waals surface area (Å²) in [6, 6.07) is 7.84. The summed E-state index contributed by atoms with van der Waals surface area (Å²) in [6.45, 7) is 5.90. The first kappa shape index (κ1) is 14.8. The van der Waals surface area contributed by atoms with Gasteiger partial charge in [-0.15, -0.1) is 0 Å². The number of sulfonamides is 1. The van der Waals surface area contributed by atoms with Gasteiger partial charge in [0.2, 0.25) is 0 Å². The molecular weight excluding hydrogens is 397 g/mol. The van der Waals surface area contributed by atoms with Gasteiger partial charge in [-0.05, 0) is 78.3 Å². The van der Waals surface area contributed by atoms with E-state index in [1.807, 2.05) is 32.9 Å². The zero-order chi connectivity index (χ0) is 15.5. The SMILES string of the molecule is Cc1cc(C)c2c(c1)S(=O)(=O)N(C)c1cc(C)c(I)cc1-2. The van der Waals surface area contributed by atoms with Gasteiger partial charge >= 0.3 is 0 Å². The molecule has 0 N–H and O–H groups in total. The maximum atomic E-state index is 12.8. The number of aryl methyl sites for hydroxylation is 3. The molecule has 0 atom stereocenters. The van der Waals surface area contributed by atoms with Gasteiger partial charge < -0.3 is 0 Å². The van der Waals surface area contributed by atoms with Gasteiger partial charge in [0.15, 0.2) is 0 Å². The highest BCUT2D eigenvalue weighted by atomic mass is 127. The van der Waals surface area contributed by atoms with E-state index in [0.29, 0.717) is 4.90 Å². The fourth-order valence-corrected chi connectivity index (χ4v) is 4.92. The lowest BCUT2D eigenvalue weighted by Gasteiger charge is -2.31. The van der Waals surface area contributed by atoms with Crippen molar-refractivity contribution in [3.05, 3.63) is 44.5 Å². The van der Waals surface area contributed by atoms with Crippen LogP contribution in [0.15, 0.2) is 29.2 Å². The average molecular weight is 413 g/mol. The van der Waals surface area contributed by atoms with Crippen molar-refractivity contribution < 1.29 is 8.42 Å². The first-order chi connectivity index (χ1) is 9.73. The average Bonchev–Trinajstić information content (AvgIpc) is 2.38. The minimum absolute atomic E-state index is 0.412. The van der Waals surface area contributed by atoms with Gasteiger partial charge in [-0.3, -0.25) is 4.31 Å². The van der Waals surface area contributed by atoms with Crippen LogP contribution in [0.2, 0.25) is 0 Å². The van der Waals surface area contributed by atoms with E-state index in [0.717, 1.165) is 37.1 Å². The Hall–Kier alpha value is -1.08. The molecule has 0 spiro atoms. The molecule has 1 aliphatic heterocycles. The van der Waals surface area contributed by atoms with Crippen LogP contribution >= 0.6 is 22.6 Å². The summed E-state index contributed by atoms with van der Waals surface area (Å²) in [7, 11) is -1.85. The van der Waals surface area contributed by atoms with Crippen LogP contribution in [0.1, 0.15) is 16.7 Å². The Morgan fingerprint density at radius 3 is 2.33 bits per heavy atom. The smallest absolute Gasteiger partial charge is 0.264 e. The summed E-state index contributed by atoms with van der Waals surface area (Å²) in [4.78, 5) is 0.412. The molecule has 1 aliphatic rings. The Morgan fingerprint density at radius 2 is 1.67 bits per heavy atom. The van der Waals surface area contributed by atoms with Gasteiger partial charge in [-0.1, -0.05) is 6.07 Å². The van der Waals surface area contributed by atoms with Crippen LogP contribution in [-0.4, -0.2) is 15.5 Å². The molecule has 0 aromatic heterocycles. The predicted octanol–water partition coefficient (Wildman–Crippen LogP) is 4.02. The topological polar surface area (TPSA) is 37.4 Å². The number of benzene rings is 2. The summed E-state index contributed by atoms with van der Waals surface area (Å²) in [5.41, 5.74) is 5.65. The van der Waals surface area contributed by atoms with Gasteiger partial charge in [-0.25, -0.2) is 8.42 Å². The first-order valence-corrected chi connectivity index (χ1v) is 9.16. The summed E-state index contributed by atoms with van der Waals surface area (Å²) in [5, 5.41) is 0. The third-order valence-electron chi connectivity index (χ3n) is 3.97. The lowest BCUT2D eigenvalue weighted by atomic mass is 9.96. The van der Waals surface area contributed by atoms with Crippen molar-refractivity contribution in [1.29, 1.82) is 0 Å². The molecule has 3 rings (SSSR count). The van der Waals surface area contributed by atoms with Crippen LogP contribution in [-0.2, 0) is 10.0 Å². The third kappa shape index (κ3) is 2.09. The normalized spacial score (nSPS) is 15.6. The number of anilines is 1. The number of fused-ring (bicyclic) bond motifs is 3. The molecule has 2 aromatic rings. The Labute approximate surface area is 139 Å². The van der Waals surface area contributed by atoms with Crippen LogP contribution in [0.4, 0.5) is 5.69 Å². The Balaban J connectivity index is 2.51. The highest BCUT2D eigenvalue weighted by Gasteiger charge is 2.34. The quantitative estimate of drug-likeness (QED) is 0.612. The van der Waals surface area contributed by atoms with Gasteiger partial charge in [0.1, 0.15) is 0 Å². The van der Waals surface area contributed by atoms with Crippen molar-refractivity contribution in [3.8, 4) is 11.1 Å². The molecule has 0 bridgehead atoms. The highest BCUT2D eigenvalue weighted by Crippen LogP contribution is 2.45. The molecule has 110 valence electrons. The predicted molar refractivity (Wildman–Crippen MR) is 94.4 cm³/mol. The van der Waals surface area contributed by atoms with Gasteiger partial charge in [0.05, 0.1) is 10.6 Å². The zero-order valence-corrected chi connectivity index (χ0v) is 15.3. The maximum absolute atomic E-state index is 12.8. The van der Waals surface area contributed by atoms with E-state index in [2.05, 4.69) is 28.7 Å². The molecule has 0 saturated heterocycles. The number of halogens is 1. The molecule has 0 amide bonds. The summed E-state index contributed by atoms with van der Waals surface area (Å²) >= 11 is 2.30. The molecule has 0 aliphatic carbocycles. The van der Waals surface area contributed by atoms with E-state index < -0.39 is 10.0 Å². The van der Waals surface area contributed by atoms with Crippen molar-refractivity contribution >= 4 is 38.3 Å². The summed E-state index contributed by atoms with van der Waals surface area (Å²) < 4.78 is 28.1. The molecule has 0 saturated carbocycles. The molecule has 3 nitrogen and oxygen atoms in total. The molecule has 5 heteroatoms. The molecule has 1 heterocycles. The van der Waals surface area contributed by atoms with Gasteiger partial charge in [0.25, 0.3) is 10.0 Å². The Kier molecular flexibility index (Phi) is 3.33. The van der Waals surface area contributed by atoms with Gasteiger partial charge in [0, 0.05) is 21.7 Å². The first-order valence-electron chi connectivity index (χ1n) is 6.64. The van der Waals surface area contributed by atoms with E-state index >= 15 is 0 Å². The number of hydrogen-bond donors (Lipinski definition) is 0. The number of hydrogen-bond acceptors (Lipinski definition) is 2. The lowest BCUT2D eigenvalue weighted by molar-refractivity contribution is 0.593. The molecule has 0 unspecified atom stereocenters. The monoisotopic (exact) mass is 413 g/mol. The largest absolute Gasteiger partial charge is 0.269 e. The zero-order valence-electron chi connectivity index (χ0n) is 12.4. The maximum Gasteiger partial charge on any atom is 0.264 e. The molecule has 2 aromatic carbocycles. The van der Waals surface area contributed by atoms with E-state index in [4.69, 9.17) is 0 Å². The highest BCUT2D eigenvalue weighted by molar-refractivity contribution is 14.1. The van der Waals surface area contributed by atoms with Crippen LogP contribution in [0.25, 0.3) is 11.1 Å². The van der Waals surface area contributed by atoms with Crippen LogP contribution < -0.4 is 4.31 Å². The second-order valence-electron chi connectivity index (χ2n) is 5.55. The number of nitrogens with zero attached hydrogens (tertiary/aromatic N) is 1. The standard InChI is InChI=1S/C16H16INO2S/c1-9-5-11(3)16-12-8-13(17)10(2)7-14(12)18(4)21(19,20)15(16)6-9/h5-8H,1-4H3. The fourth-order valence-electron chi connectivity index (χ4n) is 2.88. The van der Waals surface area contributed by atoms with E-state index in [1.165, 1.54) is 4.31 Å². The van der Waals surface area contributed by atoms with Crippen LogP contribution in [0.5, 0.6) is 0 Å². The second kappa shape index (κ2) is 4.71. The summed E-state index contributed by atoms with van der Waals surface area (Å²) in [6.07, 6.45) is 0. The number of rotatable bonds is 0. The minimum Gasteiger partial charge on any atom is -0.269 e. The van der Waals surface area contributed by atoms with Crippen molar-refractivity contribution in [1.82, 2.24) is 0 Å². The van der Waals surface area contributed by atoms with Crippen molar-refractivity contribution in [2.24, 2.45) is 0 Å². The molecular formula is C16H16INO2S. The third-order valence-corrected chi connectivity index (χ3v) is 6.93. The van der Waals surface area contributed by atoms with Crippen molar-refractivity contribution in [3.63, 3.8) is 0 Å². The van der Waals surface area contributed by atoms with Crippen molar-refractivity contribution in [2.45, 2.75) is 25.7 Å². The second-order valence-corrected chi connectivity index (χ2v) is 8.65. The van der Waals surface area contributed by atoms with Crippen molar-refractivity contribution in [2.75, 3.05) is 11.4 Å². The molecule has 0 fully saturated rings. The molecule has 21 heavy (non-hydrogen) atoms. The van der Waals surface area contributed by atoms with E-state index in [1.54, 1.807) is 13.1 Å². The van der Waals surface area contributed by atoms with Gasteiger partial charge in [-0.2, -0.15) is 0 Å². The van der Waals surface area contributed by atoms with E-state index in [-0.39, 0.29) is 0 Å². The van der Waals surface area contributed by atoms with Crippen LogP contribution in [0.3, 0.4) is 0 Å².